The molecule has 0 aliphatic carbocycles. The first kappa shape index (κ1) is 12.6. The van der Waals surface area contributed by atoms with Gasteiger partial charge in [0.1, 0.15) is 0 Å². The molecule has 0 atom stereocenters. The molecule has 0 spiro atoms. The van der Waals surface area contributed by atoms with E-state index in [1.54, 1.807) is 12.1 Å². The lowest BCUT2D eigenvalue weighted by atomic mass is 10.1. The highest BCUT2D eigenvalue weighted by atomic mass is 32.2. The molecule has 18 heavy (non-hydrogen) atoms. The van der Waals surface area contributed by atoms with E-state index in [1.807, 2.05) is 0 Å². The molecule has 1 N–H and O–H groups in total. The average Bonchev–Trinajstić information content (AvgIpc) is 2.34. The molecule has 1 aromatic carbocycles. The van der Waals surface area contributed by atoms with Crippen LogP contribution in [0, 0.1) is 0 Å². The summed E-state index contributed by atoms with van der Waals surface area (Å²) in [5, 5.41) is 8.87. The lowest BCUT2D eigenvalue weighted by Crippen LogP contribution is -2.42. The highest BCUT2D eigenvalue weighted by molar-refractivity contribution is 8.00. The molecule has 0 unspecified atom stereocenters. The van der Waals surface area contributed by atoms with E-state index in [1.165, 1.54) is 28.8 Å². The molecule has 6 heteroatoms. The number of carbonyl (C=O) groups excluding carboxylic acids is 2. The molecule has 0 radical (unpaired) electrons. The largest absolute Gasteiger partial charge is 0.478 e. The van der Waals surface area contributed by atoms with Gasteiger partial charge in [-0.1, -0.05) is 12.1 Å². The second-order valence-corrected chi connectivity index (χ2v) is 4.86. The molecule has 0 bridgehead atoms. The van der Waals surface area contributed by atoms with Crippen molar-refractivity contribution in [2.24, 2.45) is 0 Å². The predicted molar refractivity (Wildman–Crippen MR) is 66.3 cm³/mol. The van der Waals surface area contributed by atoms with Gasteiger partial charge in [0.15, 0.2) is 0 Å². The van der Waals surface area contributed by atoms with E-state index in [-0.39, 0.29) is 23.9 Å². The molecule has 1 fully saturated rings. The minimum atomic E-state index is -1.02. The van der Waals surface area contributed by atoms with Crippen molar-refractivity contribution in [3.63, 3.8) is 0 Å². The van der Waals surface area contributed by atoms with E-state index in [0.29, 0.717) is 17.1 Å². The third-order valence-corrected chi connectivity index (χ3v) is 3.47. The van der Waals surface area contributed by atoms with E-state index in [2.05, 4.69) is 0 Å². The Morgan fingerprint density at radius 2 is 1.94 bits per heavy atom. The van der Waals surface area contributed by atoms with Gasteiger partial charge in [-0.3, -0.25) is 14.5 Å². The van der Waals surface area contributed by atoms with Crippen molar-refractivity contribution in [3.8, 4) is 0 Å². The monoisotopic (exact) mass is 265 g/mol. The van der Waals surface area contributed by atoms with E-state index < -0.39 is 5.97 Å². The molecule has 1 saturated heterocycles. The number of rotatable bonds is 3. The number of carboxylic acid groups (broad SMARTS) is 1. The van der Waals surface area contributed by atoms with Crippen LogP contribution < -0.4 is 0 Å². The molecule has 2 rings (SSSR count). The van der Waals surface area contributed by atoms with Crippen molar-refractivity contribution in [1.29, 1.82) is 0 Å². The maximum absolute atomic E-state index is 11.6. The SMILES string of the molecule is O=C(O)c1cccc(CN2C(=O)CSCC2=O)c1. The zero-order valence-corrected chi connectivity index (χ0v) is 10.3. The molecular formula is C12H11NO4S. The quantitative estimate of drug-likeness (QED) is 0.825. The Hall–Kier alpha value is -1.82. The number of carboxylic acids is 1. The van der Waals surface area contributed by atoms with Gasteiger partial charge in [-0.2, -0.15) is 0 Å². The van der Waals surface area contributed by atoms with E-state index in [9.17, 15) is 14.4 Å². The van der Waals surface area contributed by atoms with Crippen LogP contribution in [0.1, 0.15) is 15.9 Å². The first-order chi connectivity index (χ1) is 8.58. The van der Waals surface area contributed by atoms with Crippen molar-refractivity contribution in [2.45, 2.75) is 6.54 Å². The Morgan fingerprint density at radius 1 is 1.28 bits per heavy atom. The summed E-state index contributed by atoms with van der Waals surface area (Å²) in [6.07, 6.45) is 0. The number of amides is 2. The molecule has 2 amide bonds. The Labute approximate surface area is 108 Å². The Kier molecular flexibility index (Phi) is 3.66. The summed E-state index contributed by atoms with van der Waals surface area (Å²) in [4.78, 5) is 35.2. The number of benzene rings is 1. The van der Waals surface area contributed by atoms with Crippen molar-refractivity contribution in [3.05, 3.63) is 35.4 Å². The Balaban J connectivity index is 2.17. The number of imide groups is 1. The van der Waals surface area contributed by atoms with Crippen LogP contribution in [0.15, 0.2) is 24.3 Å². The molecule has 5 nitrogen and oxygen atoms in total. The standard InChI is InChI=1S/C12H11NO4S/c14-10-6-18-7-11(15)13(10)5-8-2-1-3-9(4-8)12(16)17/h1-4H,5-7H2,(H,16,17). The third kappa shape index (κ3) is 2.70. The summed E-state index contributed by atoms with van der Waals surface area (Å²) in [7, 11) is 0. The molecule has 1 heterocycles. The summed E-state index contributed by atoms with van der Waals surface area (Å²) < 4.78 is 0. The van der Waals surface area contributed by atoms with Gasteiger partial charge in [0.2, 0.25) is 11.8 Å². The number of hydrogen-bond donors (Lipinski definition) is 1. The fourth-order valence-electron chi connectivity index (χ4n) is 1.68. The third-order valence-electron chi connectivity index (χ3n) is 2.57. The van der Waals surface area contributed by atoms with E-state index in [0.717, 1.165) is 0 Å². The van der Waals surface area contributed by atoms with Crippen LogP contribution in [-0.2, 0) is 16.1 Å². The van der Waals surface area contributed by atoms with Gasteiger partial charge < -0.3 is 5.11 Å². The number of nitrogens with zero attached hydrogens (tertiary/aromatic N) is 1. The number of carbonyl (C=O) groups is 3. The lowest BCUT2D eigenvalue weighted by Gasteiger charge is -2.24. The minimum Gasteiger partial charge on any atom is -0.478 e. The van der Waals surface area contributed by atoms with Crippen molar-refractivity contribution < 1.29 is 19.5 Å². The van der Waals surface area contributed by atoms with Crippen LogP contribution in [0.4, 0.5) is 0 Å². The molecular weight excluding hydrogens is 254 g/mol. The summed E-state index contributed by atoms with van der Waals surface area (Å²) in [5.41, 5.74) is 0.794. The maximum atomic E-state index is 11.6. The number of thioether (sulfide) groups is 1. The van der Waals surface area contributed by atoms with Gasteiger partial charge in [-0.05, 0) is 17.7 Å². The molecule has 0 aromatic heterocycles. The van der Waals surface area contributed by atoms with E-state index in [4.69, 9.17) is 5.11 Å². The van der Waals surface area contributed by atoms with Crippen LogP contribution in [0.3, 0.4) is 0 Å². The smallest absolute Gasteiger partial charge is 0.335 e. The van der Waals surface area contributed by atoms with Crippen LogP contribution >= 0.6 is 11.8 Å². The first-order valence-corrected chi connectivity index (χ1v) is 6.46. The fourth-order valence-corrected chi connectivity index (χ4v) is 2.45. The minimum absolute atomic E-state index is 0.138. The average molecular weight is 265 g/mol. The number of hydrogen-bond acceptors (Lipinski definition) is 4. The summed E-state index contributed by atoms with van der Waals surface area (Å²) in [5.74, 6) is -0.882. The van der Waals surface area contributed by atoms with Crippen LogP contribution in [-0.4, -0.2) is 39.3 Å². The van der Waals surface area contributed by atoms with Crippen molar-refractivity contribution in [1.82, 2.24) is 4.90 Å². The van der Waals surface area contributed by atoms with Gasteiger partial charge in [-0.15, -0.1) is 11.8 Å². The van der Waals surface area contributed by atoms with Gasteiger partial charge in [-0.25, -0.2) is 4.79 Å². The molecule has 0 saturated carbocycles. The van der Waals surface area contributed by atoms with E-state index >= 15 is 0 Å². The Bertz CT molecular complexity index is 499. The van der Waals surface area contributed by atoms with Gasteiger partial charge in [0, 0.05) is 0 Å². The zero-order chi connectivity index (χ0) is 13.1. The summed E-state index contributed by atoms with van der Waals surface area (Å²) in [6.45, 7) is 0.138. The zero-order valence-electron chi connectivity index (χ0n) is 9.46. The van der Waals surface area contributed by atoms with Gasteiger partial charge in [0.05, 0.1) is 23.6 Å². The highest BCUT2D eigenvalue weighted by Gasteiger charge is 2.26. The Morgan fingerprint density at radius 3 is 2.56 bits per heavy atom. The maximum Gasteiger partial charge on any atom is 0.335 e. The second kappa shape index (κ2) is 5.22. The molecule has 94 valence electrons. The fraction of sp³-hybridized carbons (Fsp3) is 0.250. The van der Waals surface area contributed by atoms with Crippen LogP contribution in [0.5, 0.6) is 0 Å². The second-order valence-electron chi connectivity index (χ2n) is 3.87. The first-order valence-electron chi connectivity index (χ1n) is 5.31. The highest BCUT2D eigenvalue weighted by Crippen LogP contribution is 2.16. The number of aromatic carboxylic acids is 1. The molecule has 1 aliphatic rings. The van der Waals surface area contributed by atoms with Crippen molar-refractivity contribution in [2.75, 3.05) is 11.5 Å². The van der Waals surface area contributed by atoms with Crippen LogP contribution in [0.25, 0.3) is 0 Å². The predicted octanol–water partition coefficient (Wildman–Crippen LogP) is 0.987. The van der Waals surface area contributed by atoms with Crippen molar-refractivity contribution >= 4 is 29.5 Å². The molecule has 1 aromatic rings. The summed E-state index contributed by atoms with van der Waals surface area (Å²) >= 11 is 1.30. The van der Waals surface area contributed by atoms with Gasteiger partial charge >= 0.3 is 5.97 Å². The van der Waals surface area contributed by atoms with Crippen LogP contribution in [0.2, 0.25) is 0 Å². The summed E-state index contributed by atoms with van der Waals surface area (Å²) in [6, 6.07) is 6.26. The topological polar surface area (TPSA) is 74.7 Å². The lowest BCUT2D eigenvalue weighted by molar-refractivity contribution is -0.142. The normalized spacial score (nSPS) is 15.9. The van der Waals surface area contributed by atoms with Gasteiger partial charge in [0.25, 0.3) is 0 Å². The molecule has 1 aliphatic heterocycles.